The monoisotopic (exact) mass is 406 g/mol. The third kappa shape index (κ3) is 4.96. The van der Waals surface area contributed by atoms with E-state index >= 15 is 0 Å². The Morgan fingerprint density at radius 3 is 1.97 bits per heavy atom. The molecule has 2 aromatic carbocycles. The van der Waals surface area contributed by atoms with Crippen LogP contribution in [0.2, 0.25) is 0 Å². The summed E-state index contributed by atoms with van der Waals surface area (Å²) >= 11 is 0. The van der Waals surface area contributed by atoms with Gasteiger partial charge in [-0.25, -0.2) is 0 Å². The summed E-state index contributed by atoms with van der Waals surface area (Å²) < 4.78 is 6.05. The molecular weight excluding hydrogens is 368 g/mol. The van der Waals surface area contributed by atoms with E-state index in [1.165, 1.54) is 47.9 Å². The predicted octanol–water partition coefficient (Wildman–Crippen LogP) is 5.90. The average molecular weight is 407 g/mol. The van der Waals surface area contributed by atoms with Gasteiger partial charge in [0, 0.05) is 31.2 Å². The first-order valence-electron chi connectivity index (χ1n) is 11.8. The molecule has 2 aromatic rings. The molecule has 3 heteroatoms. The summed E-state index contributed by atoms with van der Waals surface area (Å²) in [6.07, 6.45) is 5.59. The summed E-state index contributed by atoms with van der Waals surface area (Å²) in [4.78, 5) is 5.12. The molecular formula is C27H38N2O. The quantitative estimate of drug-likeness (QED) is 0.594. The second kappa shape index (κ2) is 9.64. The maximum atomic E-state index is 6.05. The van der Waals surface area contributed by atoms with Crippen molar-refractivity contribution in [3.05, 3.63) is 59.7 Å². The van der Waals surface area contributed by atoms with Crippen molar-refractivity contribution < 1.29 is 4.74 Å². The molecule has 3 atom stereocenters. The molecule has 1 saturated carbocycles. The molecule has 0 aromatic heterocycles. The van der Waals surface area contributed by atoms with Crippen molar-refractivity contribution >= 4 is 0 Å². The molecule has 0 radical (unpaired) electrons. The summed E-state index contributed by atoms with van der Waals surface area (Å²) in [6, 6.07) is 19.7. The lowest BCUT2D eigenvalue weighted by Crippen LogP contribution is -2.55. The topological polar surface area (TPSA) is 15.7 Å². The molecule has 0 spiro atoms. The van der Waals surface area contributed by atoms with Crippen LogP contribution in [0.15, 0.2) is 48.5 Å². The van der Waals surface area contributed by atoms with Crippen LogP contribution in [0.4, 0.5) is 0 Å². The Kier molecular flexibility index (Phi) is 6.92. The maximum absolute atomic E-state index is 6.05. The van der Waals surface area contributed by atoms with Crippen molar-refractivity contribution in [2.24, 2.45) is 0 Å². The molecule has 2 aliphatic rings. The van der Waals surface area contributed by atoms with Crippen molar-refractivity contribution in [3.63, 3.8) is 0 Å². The van der Waals surface area contributed by atoms with E-state index < -0.39 is 0 Å². The minimum Gasteiger partial charge on any atom is -0.374 e. The number of rotatable bonds is 6. The Bertz CT molecular complexity index is 783. The van der Waals surface area contributed by atoms with Gasteiger partial charge in [-0.05, 0) is 62.9 Å². The Labute approximate surface area is 183 Å². The van der Waals surface area contributed by atoms with Crippen LogP contribution in [0.25, 0.3) is 11.1 Å². The molecule has 1 heterocycles. The highest BCUT2D eigenvalue weighted by molar-refractivity contribution is 5.64. The first-order chi connectivity index (χ1) is 14.5. The summed E-state index contributed by atoms with van der Waals surface area (Å²) in [5.74, 6) is 0. The summed E-state index contributed by atoms with van der Waals surface area (Å²) in [5.41, 5.74) is 5.24. The Hall–Kier alpha value is -1.68. The lowest BCUT2D eigenvalue weighted by molar-refractivity contribution is 0.0377. The number of hydrogen-bond donors (Lipinski definition) is 0. The van der Waals surface area contributed by atoms with Crippen molar-refractivity contribution in [1.82, 2.24) is 9.80 Å². The van der Waals surface area contributed by atoms with Crippen LogP contribution in [-0.4, -0.2) is 48.1 Å². The molecule has 4 rings (SSSR count). The highest BCUT2D eigenvalue weighted by Gasteiger charge is 2.29. The van der Waals surface area contributed by atoms with Gasteiger partial charge in [-0.15, -0.1) is 0 Å². The molecule has 1 aliphatic carbocycles. The molecule has 0 N–H and O–H groups in total. The van der Waals surface area contributed by atoms with Crippen LogP contribution < -0.4 is 0 Å². The van der Waals surface area contributed by atoms with Gasteiger partial charge in [0.1, 0.15) is 0 Å². The number of piperazine rings is 1. The number of nitrogens with zero attached hydrogens (tertiary/aromatic N) is 2. The normalized spacial score (nSPS) is 24.9. The van der Waals surface area contributed by atoms with Gasteiger partial charge in [-0.3, -0.25) is 9.80 Å². The van der Waals surface area contributed by atoms with E-state index in [0.717, 1.165) is 19.7 Å². The first-order valence-corrected chi connectivity index (χ1v) is 11.8. The minimum absolute atomic E-state index is 0.452. The molecule has 162 valence electrons. The third-order valence-electron chi connectivity index (χ3n) is 7.40. The van der Waals surface area contributed by atoms with Gasteiger partial charge in [-0.2, -0.15) is 0 Å². The van der Waals surface area contributed by atoms with E-state index in [1.54, 1.807) is 0 Å². The van der Waals surface area contributed by atoms with Gasteiger partial charge in [0.05, 0.1) is 12.7 Å². The Morgan fingerprint density at radius 2 is 1.40 bits per heavy atom. The van der Waals surface area contributed by atoms with Gasteiger partial charge < -0.3 is 4.74 Å². The summed E-state index contributed by atoms with van der Waals surface area (Å²) in [6.45, 7) is 10.0. The van der Waals surface area contributed by atoms with Crippen LogP contribution >= 0.6 is 0 Å². The van der Waals surface area contributed by atoms with Gasteiger partial charge in [-0.1, -0.05) is 61.4 Å². The largest absolute Gasteiger partial charge is 0.374 e. The van der Waals surface area contributed by atoms with Crippen LogP contribution in [0, 0.1) is 0 Å². The highest BCUT2D eigenvalue weighted by Crippen LogP contribution is 2.28. The zero-order valence-electron chi connectivity index (χ0n) is 19.2. The van der Waals surface area contributed by atoms with E-state index in [0.29, 0.717) is 24.2 Å². The molecule has 0 bridgehead atoms. The minimum atomic E-state index is 0.452. The molecule has 30 heavy (non-hydrogen) atoms. The fourth-order valence-corrected chi connectivity index (χ4v) is 4.99. The smallest absolute Gasteiger partial charge is 0.0720 e. The number of hydrogen-bond acceptors (Lipinski definition) is 3. The van der Waals surface area contributed by atoms with Gasteiger partial charge in [0.25, 0.3) is 0 Å². The first kappa shape index (κ1) is 21.5. The molecule has 0 amide bonds. The average Bonchev–Trinajstić information content (AvgIpc) is 3.29. The Morgan fingerprint density at radius 1 is 0.867 bits per heavy atom. The molecule has 3 nitrogen and oxygen atoms in total. The van der Waals surface area contributed by atoms with E-state index in [1.807, 2.05) is 0 Å². The van der Waals surface area contributed by atoms with Crippen LogP contribution in [0.3, 0.4) is 0 Å². The van der Waals surface area contributed by atoms with E-state index in [-0.39, 0.29) is 0 Å². The summed E-state index contributed by atoms with van der Waals surface area (Å²) in [5, 5.41) is 0. The predicted molar refractivity (Wildman–Crippen MR) is 126 cm³/mol. The van der Waals surface area contributed by atoms with E-state index in [4.69, 9.17) is 4.74 Å². The van der Waals surface area contributed by atoms with E-state index in [2.05, 4.69) is 86.1 Å². The molecule has 1 unspecified atom stereocenters. The van der Waals surface area contributed by atoms with Crippen LogP contribution in [0.1, 0.15) is 63.6 Å². The zero-order chi connectivity index (χ0) is 21.1. The van der Waals surface area contributed by atoms with E-state index in [9.17, 15) is 0 Å². The van der Waals surface area contributed by atoms with Crippen molar-refractivity contribution in [1.29, 1.82) is 0 Å². The van der Waals surface area contributed by atoms with Crippen molar-refractivity contribution in [2.75, 3.05) is 20.1 Å². The summed E-state index contributed by atoms with van der Waals surface area (Å²) in [7, 11) is 2.25. The standard InChI is InChI=1S/C27H38N2O/c1-20-17-29(18-21(2)28(20)4)22(3)24-13-15-26(16-14-24)25-11-9-23(10-12-25)19-30-27-7-5-6-8-27/h9-16,20-22,27H,5-8,17-19H2,1-4H3/t20-,21+,22?. The SMILES string of the molecule is CC(c1ccc(-c2ccc(COC3CCCC3)cc2)cc1)N1C[C@@H](C)N(C)[C@@H](C)C1. The highest BCUT2D eigenvalue weighted by atomic mass is 16.5. The molecule has 1 aliphatic heterocycles. The van der Waals surface area contributed by atoms with Gasteiger partial charge in [0.15, 0.2) is 0 Å². The second-order valence-electron chi connectivity index (χ2n) is 9.53. The lowest BCUT2D eigenvalue weighted by atomic mass is 9.98. The van der Waals surface area contributed by atoms with Gasteiger partial charge in [0.2, 0.25) is 0 Å². The Balaban J connectivity index is 1.37. The van der Waals surface area contributed by atoms with Crippen molar-refractivity contribution in [3.8, 4) is 11.1 Å². The number of ether oxygens (including phenoxy) is 1. The maximum Gasteiger partial charge on any atom is 0.0720 e. The molecule has 1 saturated heterocycles. The lowest BCUT2D eigenvalue weighted by Gasteiger charge is -2.45. The van der Waals surface area contributed by atoms with Crippen LogP contribution in [0.5, 0.6) is 0 Å². The third-order valence-corrected chi connectivity index (χ3v) is 7.40. The number of benzene rings is 2. The second-order valence-corrected chi connectivity index (χ2v) is 9.53. The fourth-order valence-electron chi connectivity index (χ4n) is 4.99. The molecule has 2 fully saturated rings. The van der Waals surface area contributed by atoms with Crippen LogP contribution in [-0.2, 0) is 11.3 Å². The zero-order valence-corrected chi connectivity index (χ0v) is 19.2. The van der Waals surface area contributed by atoms with Gasteiger partial charge >= 0.3 is 0 Å². The fraction of sp³-hybridized carbons (Fsp3) is 0.556. The van der Waals surface area contributed by atoms with Crippen molar-refractivity contribution in [2.45, 2.75) is 77.3 Å². The number of likely N-dealkylation sites (N-methyl/N-ethyl adjacent to an activating group) is 1.